The van der Waals surface area contributed by atoms with Gasteiger partial charge in [-0.15, -0.1) is 0 Å². The first-order valence-corrected chi connectivity index (χ1v) is 7.00. The van der Waals surface area contributed by atoms with Gasteiger partial charge in [0.1, 0.15) is 11.6 Å². The Kier molecular flexibility index (Phi) is 3.45. The molecule has 106 valence electrons. The van der Waals surface area contributed by atoms with E-state index in [1.807, 2.05) is 0 Å². The fourth-order valence-corrected chi connectivity index (χ4v) is 2.48. The second kappa shape index (κ2) is 4.93. The van der Waals surface area contributed by atoms with Crippen LogP contribution in [0.1, 0.15) is 16.2 Å². The number of anilines is 1. The summed E-state index contributed by atoms with van der Waals surface area (Å²) in [5.74, 6) is -0.551. The second-order valence-electron chi connectivity index (χ2n) is 4.08. The standard InChI is InChI=1S/C11H12N4O4S/c1-7-13-10(6-15(7)2)20(18,19)14-9-4-3-8(5-12-9)11(16)17/h3-6H,1-2H3,(H,12,14)(H,16,17). The molecule has 0 aliphatic rings. The Morgan fingerprint density at radius 3 is 2.55 bits per heavy atom. The summed E-state index contributed by atoms with van der Waals surface area (Å²) in [5.41, 5.74) is -0.0263. The first kappa shape index (κ1) is 14.0. The van der Waals surface area contributed by atoms with E-state index in [1.165, 1.54) is 18.3 Å². The molecule has 2 aromatic heterocycles. The van der Waals surface area contributed by atoms with Crippen molar-refractivity contribution in [2.24, 2.45) is 7.05 Å². The zero-order valence-electron chi connectivity index (χ0n) is 10.7. The summed E-state index contributed by atoms with van der Waals surface area (Å²) >= 11 is 0. The van der Waals surface area contributed by atoms with Crippen LogP contribution in [0.3, 0.4) is 0 Å². The fourth-order valence-electron chi connectivity index (χ4n) is 1.43. The summed E-state index contributed by atoms with van der Waals surface area (Å²) in [6.45, 7) is 1.68. The van der Waals surface area contributed by atoms with Gasteiger partial charge in [0.15, 0.2) is 5.03 Å². The third kappa shape index (κ3) is 2.77. The monoisotopic (exact) mass is 296 g/mol. The van der Waals surface area contributed by atoms with E-state index in [-0.39, 0.29) is 16.4 Å². The summed E-state index contributed by atoms with van der Waals surface area (Å²) in [5, 5.41) is 8.60. The van der Waals surface area contributed by atoms with E-state index in [0.717, 1.165) is 6.20 Å². The molecule has 0 aliphatic carbocycles. The number of hydrogen-bond donors (Lipinski definition) is 2. The van der Waals surface area contributed by atoms with Gasteiger partial charge in [0.25, 0.3) is 10.0 Å². The molecular weight excluding hydrogens is 284 g/mol. The van der Waals surface area contributed by atoms with Crippen molar-refractivity contribution < 1.29 is 18.3 Å². The topological polar surface area (TPSA) is 114 Å². The first-order valence-electron chi connectivity index (χ1n) is 5.52. The van der Waals surface area contributed by atoms with Crippen molar-refractivity contribution >= 4 is 21.8 Å². The molecule has 0 aromatic carbocycles. The average Bonchev–Trinajstić information content (AvgIpc) is 2.71. The van der Waals surface area contributed by atoms with Gasteiger partial charge in [-0.05, 0) is 19.1 Å². The molecule has 0 saturated carbocycles. The molecule has 2 heterocycles. The number of hydrogen-bond acceptors (Lipinski definition) is 5. The highest BCUT2D eigenvalue weighted by molar-refractivity contribution is 7.92. The maximum Gasteiger partial charge on any atom is 0.337 e. The minimum absolute atomic E-state index is 0.0262. The smallest absolute Gasteiger partial charge is 0.337 e. The summed E-state index contributed by atoms with van der Waals surface area (Å²) in [4.78, 5) is 18.3. The lowest BCUT2D eigenvalue weighted by Gasteiger charge is -2.04. The zero-order valence-corrected chi connectivity index (χ0v) is 11.5. The van der Waals surface area contributed by atoms with E-state index in [2.05, 4.69) is 14.7 Å². The Morgan fingerprint density at radius 2 is 2.10 bits per heavy atom. The van der Waals surface area contributed by atoms with Gasteiger partial charge in [-0.2, -0.15) is 8.42 Å². The number of carboxylic acid groups (broad SMARTS) is 1. The number of carbonyl (C=O) groups is 1. The van der Waals surface area contributed by atoms with Crippen LogP contribution in [0.2, 0.25) is 0 Å². The van der Waals surface area contributed by atoms with Crippen LogP contribution in [0.25, 0.3) is 0 Å². The number of sulfonamides is 1. The largest absolute Gasteiger partial charge is 0.478 e. The Balaban J connectivity index is 2.26. The fraction of sp³-hybridized carbons (Fsp3) is 0.182. The van der Waals surface area contributed by atoms with Crippen molar-refractivity contribution in [1.29, 1.82) is 0 Å². The number of pyridine rings is 1. The molecule has 2 N–H and O–H groups in total. The third-order valence-corrected chi connectivity index (χ3v) is 3.84. The van der Waals surface area contributed by atoms with Gasteiger partial charge in [0.2, 0.25) is 0 Å². The number of aromatic carboxylic acids is 1. The van der Waals surface area contributed by atoms with Gasteiger partial charge in [-0.3, -0.25) is 4.72 Å². The first-order chi connectivity index (χ1) is 9.29. The maximum atomic E-state index is 12.0. The van der Waals surface area contributed by atoms with Crippen LogP contribution < -0.4 is 4.72 Å². The number of imidazole rings is 1. The van der Waals surface area contributed by atoms with Crippen molar-refractivity contribution in [2.45, 2.75) is 11.9 Å². The molecular formula is C11H12N4O4S. The van der Waals surface area contributed by atoms with Crippen molar-refractivity contribution in [2.75, 3.05) is 4.72 Å². The zero-order chi connectivity index (χ0) is 14.9. The normalized spacial score (nSPS) is 11.3. The Labute approximate surface area is 115 Å². The minimum atomic E-state index is -3.84. The van der Waals surface area contributed by atoms with Gasteiger partial charge >= 0.3 is 5.97 Å². The Hall–Kier alpha value is -2.42. The molecule has 0 amide bonds. The highest BCUT2D eigenvalue weighted by Crippen LogP contribution is 2.13. The van der Waals surface area contributed by atoms with E-state index >= 15 is 0 Å². The number of aryl methyl sites for hydroxylation is 2. The highest BCUT2D eigenvalue weighted by atomic mass is 32.2. The van der Waals surface area contributed by atoms with Crippen molar-refractivity contribution in [3.05, 3.63) is 35.9 Å². The van der Waals surface area contributed by atoms with E-state index in [9.17, 15) is 13.2 Å². The molecule has 0 aliphatic heterocycles. The lowest BCUT2D eigenvalue weighted by molar-refractivity contribution is 0.0696. The molecule has 20 heavy (non-hydrogen) atoms. The van der Waals surface area contributed by atoms with Crippen LogP contribution in [0.15, 0.2) is 29.6 Å². The minimum Gasteiger partial charge on any atom is -0.478 e. The summed E-state index contributed by atoms with van der Waals surface area (Å²) in [7, 11) is -2.16. The number of nitrogens with zero attached hydrogens (tertiary/aromatic N) is 3. The molecule has 0 atom stereocenters. The Morgan fingerprint density at radius 1 is 1.40 bits per heavy atom. The van der Waals surface area contributed by atoms with Crippen molar-refractivity contribution in [1.82, 2.24) is 14.5 Å². The van der Waals surface area contributed by atoms with E-state index in [0.29, 0.717) is 5.82 Å². The number of rotatable bonds is 4. The molecule has 2 rings (SSSR count). The summed E-state index contributed by atoms with van der Waals surface area (Å²) < 4.78 is 27.9. The van der Waals surface area contributed by atoms with E-state index < -0.39 is 16.0 Å². The molecule has 0 unspecified atom stereocenters. The van der Waals surface area contributed by atoms with Crippen LogP contribution in [-0.2, 0) is 17.1 Å². The van der Waals surface area contributed by atoms with Crippen molar-refractivity contribution in [3.63, 3.8) is 0 Å². The lowest BCUT2D eigenvalue weighted by Crippen LogP contribution is -2.14. The van der Waals surface area contributed by atoms with Crippen LogP contribution in [0, 0.1) is 6.92 Å². The van der Waals surface area contributed by atoms with Crippen LogP contribution in [0.5, 0.6) is 0 Å². The van der Waals surface area contributed by atoms with Gasteiger partial charge in [-0.1, -0.05) is 0 Å². The van der Waals surface area contributed by atoms with Gasteiger partial charge in [0, 0.05) is 19.4 Å². The lowest BCUT2D eigenvalue weighted by atomic mass is 10.3. The number of carboxylic acids is 1. The molecule has 9 heteroatoms. The van der Waals surface area contributed by atoms with Crippen LogP contribution >= 0.6 is 0 Å². The SMILES string of the molecule is Cc1nc(S(=O)(=O)Nc2ccc(C(=O)O)cn2)cn1C. The van der Waals surface area contributed by atoms with E-state index in [1.54, 1.807) is 18.5 Å². The maximum absolute atomic E-state index is 12.0. The van der Waals surface area contributed by atoms with Gasteiger partial charge in [-0.25, -0.2) is 14.8 Å². The molecule has 0 spiro atoms. The molecule has 0 bridgehead atoms. The second-order valence-corrected chi connectivity index (χ2v) is 5.71. The van der Waals surface area contributed by atoms with Gasteiger partial charge < -0.3 is 9.67 Å². The summed E-state index contributed by atoms with van der Waals surface area (Å²) in [6, 6.07) is 2.54. The molecule has 0 saturated heterocycles. The number of nitrogens with one attached hydrogen (secondary N) is 1. The molecule has 8 nitrogen and oxygen atoms in total. The van der Waals surface area contributed by atoms with Crippen LogP contribution in [-0.4, -0.2) is 34.0 Å². The highest BCUT2D eigenvalue weighted by Gasteiger charge is 2.19. The molecule has 0 radical (unpaired) electrons. The summed E-state index contributed by atoms with van der Waals surface area (Å²) in [6.07, 6.45) is 2.45. The van der Waals surface area contributed by atoms with Gasteiger partial charge in [0.05, 0.1) is 5.56 Å². The quantitative estimate of drug-likeness (QED) is 0.855. The molecule has 0 fully saturated rings. The Bertz CT molecular complexity index is 730. The third-order valence-electron chi connectivity index (χ3n) is 2.61. The predicted molar refractivity (Wildman–Crippen MR) is 69.9 cm³/mol. The molecule has 2 aromatic rings. The average molecular weight is 296 g/mol. The predicted octanol–water partition coefficient (Wildman–Crippen LogP) is 0.623. The van der Waals surface area contributed by atoms with E-state index in [4.69, 9.17) is 5.11 Å². The van der Waals surface area contributed by atoms with Crippen molar-refractivity contribution in [3.8, 4) is 0 Å². The van der Waals surface area contributed by atoms with Crippen LogP contribution in [0.4, 0.5) is 5.82 Å². The number of aromatic nitrogens is 3.